The molecule has 1 aromatic carbocycles. The topological polar surface area (TPSA) is 88.7 Å². The van der Waals surface area contributed by atoms with Crippen LogP contribution < -0.4 is 4.74 Å². The first-order chi connectivity index (χ1) is 10.6. The van der Waals surface area contributed by atoms with Gasteiger partial charge in [-0.2, -0.15) is 4.98 Å². The van der Waals surface area contributed by atoms with Crippen LogP contribution in [0.1, 0.15) is 34.5 Å². The molecule has 116 valence electrons. The van der Waals surface area contributed by atoms with Gasteiger partial charge >= 0.3 is 0 Å². The van der Waals surface area contributed by atoms with Crippen LogP contribution in [0, 0.1) is 6.92 Å². The molecule has 1 aliphatic rings. The second-order valence-electron chi connectivity index (χ2n) is 5.28. The molecule has 0 bridgehead atoms. The molecule has 2 atom stereocenters. The Bertz CT molecular complexity index is 685. The van der Waals surface area contributed by atoms with Crippen molar-refractivity contribution in [1.82, 2.24) is 15.0 Å². The summed E-state index contributed by atoms with van der Waals surface area (Å²) in [6, 6.07) is 7.23. The molecule has 2 aromatic rings. The van der Waals surface area contributed by atoms with Crippen molar-refractivity contribution >= 4 is 5.91 Å². The number of carbonyl (C=O) groups is 1. The Morgan fingerprint density at radius 1 is 1.50 bits per heavy atom. The average molecular weight is 303 g/mol. The van der Waals surface area contributed by atoms with Crippen molar-refractivity contribution < 1.29 is 19.2 Å². The maximum atomic E-state index is 12.5. The highest BCUT2D eigenvalue weighted by molar-refractivity contribution is 5.90. The third-order valence-corrected chi connectivity index (χ3v) is 3.74. The van der Waals surface area contributed by atoms with Gasteiger partial charge in [-0.05, 0) is 24.1 Å². The summed E-state index contributed by atoms with van der Waals surface area (Å²) in [6.07, 6.45) is -0.108. The van der Waals surface area contributed by atoms with Crippen LogP contribution in [0.3, 0.4) is 0 Å². The lowest BCUT2D eigenvalue weighted by Crippen LogP contribution is -2.32. The Morgan fingerprint density at radius 3 is 3.00 bits per heavy atom. The molecule has 1 aromatic heterocycles. The number of methoxy groups -OCH3 is 1. The van der Waals surface area contributed by atoms with Crippen molar-refractivity contribution in [2.24, 2.45) is 0 Å². The fourth-order valence-corrected chi connectivity index (χ4v) is 2.72. The third-order valence-electron chi connectivity index (χ3n) is 3.74. The van der Waals surface area contributed by atoms with Crippen LogP contribution in [0.15, 0.2) is 28.8 Å². The van der Waals surface area contributed by atoms with Gasteiger partial charge in [0, 0.05) is 13.5 Å². The standard InChI is InChI=1S/C15H17N3O4/c1-9-16-14(17-22-9)15(20)18-8-11(19)7-13(18)10-4-3-5-12(6-10)21-2/h3-6,11,13,19H,7-8H2,1-2H3. The quantitative estimate of drug-likeness (QED) is 0.920. The van der Waals surface area contributed by atoms with E-state index in [1.807, 2.05) is 24.3 Å². The van der Waals surface area contributed by atoms with E-state index in [1.165, 1.54) is 0 Å². The van der Waals surface area contributed by atoms with Crippen LogP contribution in [0.4, 0.5) is 0 Å². The summed E-state index contributed by atoms with van der Waals surface area (Å²) in [6.45, 7) is 1.87. The molecule has 7 nitrogen and oxygen atoms in total. The van der Waals surface area contributed by atoms with Crippen LogP contribution in [0.25, 0.3) is 0 Å². The first kappa shape index (κ1) is 14.5. The lowest BCUT2D eigenvalue weighted by molar-refractivity contribution is 0.0700. The Balaban J connectivity index is 1.90. The number of aryl methyl sites for hydroxylation is 1. The molecule has 0 aliphatic carbocycles. The molecular formula is C15H17N3O4. The zero-order valence-corrected chi connectivity index (χ0v) is 12.4. The number of β-amino-alcohol motifs (C(OH)–C–C–N with tert-alkyl or cyclic N) is 1. The molecule has 7 heteroatoms. The van der Waals surface area contributed by atoms with E-state index in [1.54, 1.807) is 18.9 Å². The summed E-state index contributed by atoms with van der Waals surface area (Å²) in [5, 5.41) is 13.6. The summed E-state index contributed by atoms with van der Waals surface area (Å²) in [5.74, 6) is 0.712. The summed E-state index contributed by atoms with van der Waals surface area (Å²) >= 11 is 0. The number of benzene rings is 1. The van der Waals surface area contributed by atoms with Gasteiger partial charge < -0.3 is 19.3 Å². The number of aliphatic hydroxyl groups is 1. The summed E-state index contributed by atoms with van der Waals surface area (Å²) < 4.78 is 10.1. The van der Waals surface area contributed by atoms with Crippen molar-refractivity contribution in [2.45, 2.75) is 25.5 Å². The molecule has 1 N–H and O–H groups in total. The van der Waals surface area contributed by atoms with Gasteiger partial charge in [-0.25, -0.2) is 0 Å². The molecule has 2 unspecified atom stereocenters. The molecule has 1 amide bonds. The highest BCUT2D eigenvalue weighted by Gasteiger charge is 2.37. The Hall–Kier alpha value is -2.41. The number of nitrogens with zero attached hydrogens (tertiary/aromatic N) is 3. The molecule has 1 aliphatic heterocycles. The Morgan fingerprint density at radius 2 is 2.32 bits per heavy atom. The number of aliphatic hydroxyl groups excluding tert-OH is 1. The molecule has 0 radical (unpaired) electrons. The normalized spacial score (nSPS) is 21.1. The first-order valence-electron chi connectivity index (χ1n) is 7.02. The fourth-order valence-electron chi connectivity index (χ4n) is 2.72. The zero-order valence-electron chi connectivity index (χ0n) is 12.4. The van der Waals surface area contributed by atoms with E-state index in [0.717, 1.165) is 5.56 Å². The maximum absolute atomic E-state index is 12.5. The predicted molar refractivity (Wildman–Crippen MR) is 76.4 cm³/mol. The van der Waals surface area contributed by atoms with Gasteiger partial charge in [0.2, 0.25) is 5.89 Å². The summed E-state index contributed by atoms with van der Waals surface area (Å²) in [5.41, 5.74) is 0.907. The number of hydrogen-bond donors (Lipinski definition) is 1. The van der Waals surface area contributed by atoms with Crippen LogP contribution in [0.2, 0.25) is 0 Å². The van der Waals surface area contributed by atoms with Gasteiger partial charge in [-0.3, -0.25) is 4.79 Å². The van der Waals surface area contributed by atoms with E-state index < -0.39 is 6.10 Å². The minimum Gasteiger partial charge on any atom is -0.497 e. The second-order valence-corrected chi connectivity index (χ2v) is 5.28. The predicted octanol–water partition coefficient (Wildman–Crippen LogP) is 1.33. The number of rotatable bonds is 3. The fraction of sp³-hybridized carbons (Fsp3) is 0.400. The van der Waals surface area contributed by atoms with E-state index in [9.17, 15) is 9.90 Å². The molecule has 2 heterocycles. The van der Waals surface area contributed by atoms with E-state index >= 15 is 0 Å². The maximum Gasteiger partial charge on any atom is 0.295 e. The van der Waals surface area contributed by atoms with Crippen LogP contribution in [-0.4, -0.2) is 45.8 Å². The number of carbonyl (C=O) groups excluding carboxylic acids is 1. The van der Waals surface area contributed by atoms with Gasteiger partial charge in [0.1, 0.15) is 5.75 Å². The minimum atomic E-state index is -0.576. The minimum absolute atomic E-state index is 0.0134. The van der Waals surface area contributed by atoms with E-state index in [0.29, 0.717) is 18.1 Å². The lowest BCUT2D eigenvalue weighted by Gasteiger charge is -2.23. The van der Waals surface area contributed by atoms with Crippen molar-refractivity contribution in [2.75, 3.05) is 13.7 Å². The van der Waals surface area contributed by atoms with Crippen molar-refractivity contribution in [3.05, 3.63) is 41.5 Å². The number of amides is 1. The van der Waals surface area contributed by atoms with Crippen LogP contribution in [0.5, 0.6) is 5.75 Å². The molecule has 1 saturated heterocycles. The summed E-state index contributed by atoms with van der Waals surface area (Å²) in [7, 11) is 1.59. The molecule has 3 rings (SSSR count). The van der Waals surface area contributed by atoms with E-state index in [2.05, 4.69) is 10.1 Å². The average Bonchev–Trinajstić information content (AvgIpc) is 3.12. The summed E-state index contributed by atoms with van der Waals surface area (Å²) in [4.78, 5) is 18.1. The number of ether oxygens (including phenoxy) is 1. The Labute approximate surface area is 127 Å². The molecule has 1 fully saturated rings. The number of hydrogen-bond acceptors (Lipinski definition) is 6. The third kappa shape index (κ3) is 2.67. The van der Waals surface area contributed by atoms with Crippen molar-refractivity contribution in [3.8, 4) is 5.75 Å². The smallest absolute Gasteiger partial charge is 0.295 e. The van der Waals surface area contributed by atoms with E-state index in [-0.39, 0.29) is 24.3 Å². The Kier molecular flexibility index (Phi) is 3.81. The largest absolute Gasteiger partial charge is 0.497 e. The lowest BCUT2D eigenvalue weighted by atomic mass is 10.0. The highest BCUT2D eigenvalue weighted by atomic mass is 16.5. The van der Waals surface area contributed by atoms with E-state index in [4.69, 9.17) is 9.26 Å². The van der Waals surface area contributed by atoms with Gasteiger partial charge in [0.15, 0.2) is 0 Å². The van der Waals surface area contributed by atoms with Gasteiger partial charge in [0.25, 0.3) is 11.7 Å². The molecular weight excluding hydrogens is 286 g/mol. The second kappa shape index (κ2) is 5.76. The first-order valence-corrected chi connectivity index (χ1v) is 7.02. The number of aromatic nitrogens is 2. The number of likely N-dealkylation sites (tertiary alicyclic amines) is 1. The van der Waals surface area contributed by atoms with Crippen LogP contribution >= 0.6 is 0 Å². The molecule has 0 spiro atoms. The highest BCUT2D eigenvalue weighted by Crippen LogP contribution is 2.34. The van der Waals surface area contributed by atoms with Crippen molar-refractivity contribution in [1.29, 1.82) is 0 Å². The van der Waals surface area contributed by atoms with Gasteiger partial charge in [0.05, 0.1) is 19.3 Å². The molecule has 22 heavy (non-hydrogen) atoms. The SMILES string of the molecule is COc1cccc(C2CC(O)CN2C(=O)c2noc(C)n2)c1. The monoisotopic (exact) mass is 303 g/mol. The zero-order chi connectivity index (χ0) is 15.7. The van der Waals surface area contributed by atoms with Crippen LogP contribution in [-0.2, 0) is 0 Å². The van der Waals surface area contributed by atoms with Gasteiger partial charge in [-0.1, -0.05) is 17.3 Å². The molecule has 0 saturated carbocycles. The van der Waals surface area contributed by atoms with Gasteiger partial charge in [-0.15, -0.1) is 0 Å². The van der Waals surface area contributed by atoms with Crippen molar-refractivity contribution in [3.63, 3.8) is 0 Å².